The lowest BCUT2D eigenvalue weighted by Gasteiger charge is -2.26. The summed E-state index contributed by atoms with van der Waals surface area (Å²) in [6.45, 7) is 2.01. The molecule has 0 amide bonds. The SMILES string of the molecule is CC(O)(CO)CNC1CCCCCCCCCCC1. The van der Waals surface area contributed by atoms with Gasteiger partial charge in [-0.15, -0.1) is 0 Å². The fourth-order valence-corrected chi connectivity index (χ4v) is 2.79. The standard InChI is InChI=1S/C16H33NO2/c1-16(19,14-18)13-17-15-11-9-7-5-3-2-4-6-8-10-12-15/h15,17-19H,2-14H2,1H3. The van der Waals surface area contributed by atoms with Crippen LogP contribution < -0.4 is 5.32 Å². The van der Waals surface area contributed by atoms with Gasteiger partial charge in [0.05, 0.1) is 12.2 Å². The molecule has 114 valence electrons. The van der Waals surface area contributed by atoms with Gasteiger partial charge in [0.2, 0.25) is 0 Å². The highest BCUT2D eigenvalue weighted by molar-refractivity contribution is 4.78. The molecule has 0 radical (unpaired) electrons. The van der Waals surface area contributed by atoms with Crippen molar-refractivity contribution in [1.82, 2.24) is 5.32 Å². The zero-order chi connectivity index (χ0) is 14.0. The largest absolute Gasteiger partial charge is 0.393 e. The Kier molecular flexibility index (Phi) is 8.67. The summed E-state index contributed by atoms with van der Waals surface area (Å²) in [5, 5.41) is 22.4. The van der Waals surface area contributed by atoms with Gasteiger partial charge in [-0.25, -0.2) is 0 Å². The van der Waals surface area contributed by atoms with Gasteiger partial charge in [0.25, 0.3) is 0 Å². The van der Waals surface area contributed by atoms with Gasteiger partial charge >= 0.3 is 0 Å². The summed E-state index contributed by atoms with van der Waals surface area (Å²) in [6, 6.07) is 0.512. The van der Waals surface area contributed by atoms with Crippen molar-refractivity contribution in [2.75, 3.05) is 13.2 Å². The molecule has 0 aliphatic heterocycles. The van der Waals surface area contributed by atoms with E-state index in [0.29, 0.717) is 12.6 Å². The van der Waals surface area contributed by atoms with E-state index in [-0.39, 0.29) is 6.61 Å². The molecule has 1 rings (SSSR count). The molecule has 19 heavy (non-hydrogen) atoms. The lowest BCUT2D eigenvalue weighted by atomic mass is 9.97. The highest BCUT2D eigenvalue weighted by atomic mass is 16.3. The second kappa shape index (κ2) is 9.73. The molecule has 1 atom stereocenters. The van der Waals surface area contributed by atoms with E-state index in [2.05, 4.69) is 5.32 Å². The Balaban J connectivity index is 2.30. The second-order valence-electron chi connectivity index (χ2n) is 6.49. The molecule has 0 bridgehead atoms. The third-order valence-corrected chi connectivity index (χ3v) is 4.22. The average Bonchev–Trinajstić information content (AvgIpc) is 2.38. The monoisotopic (exact) mass is 271 g/mol. The van der Waals surface area contributed by atoms with Crippen LogP contribution in [0.15, 0.2) is 0 Å². The molecule has 1 aliphatic rings. The van der Waals surface area contributed by atoms with E-state index < -0.39 is 5.60 Å². The maximum absolute atomic E-state index is 9.85. The molecule has 1 aliphatic carbocycles. The highest BCUT2D eigenvalue weighted by Crippen LogP contribution is 2.17. The zero-order valence-corrected chi connectivity index (χ0v) is 12.7. The van der Waals surface area contributed by atoms with Crippen LogP contribution in [0.3, 0.4) is 0 Å². The molecule has 0 saturated heterocycles. The molecule has 1 unspecified atom stereocenters. The first-order valence-electron chi connectivity index (χ1n) is 8.21. The van der Waals surface area contributed by atoms with Gasteiger partial charge in [-0.05, 0) is 19.8 Å². The minimum absolute atomic E-state index is 0.174. The first-order valence-corrected chi connectivity index (χ1v) is 8.21. The number of aliphatic hydroxyl groups is 2. The highest BCUT2D eigenvalue weighted by Gasteiger charge is 2.20. The molecule has 1 fully saturated rings. The van der Waals surface area contributed by atoms with Crippen LogP contribution in [-0.2, 0) is 0 Å². The third kappa shape index (κ3) is 8.61. The number of hydrogen-bond donors (Lipinski definition) is 3. The maximum atomic E-state index is 9.85. The van der Waals surface area contributed by atoms with Crippen molar-refractivity contribution in [3.05, 3.63) is 0 Å². The number of nitrogens with one attached hydrogen (secondary N) is 1. The molecule has 1 saturated carbocycles. The maximum Gasteiger partial charge on any atom is 0.0972 e. The summed E-state index contributed by atoms with van der Waals surface area (Å²) >= 11 is 0. The van der Waals surface area contributed by atoms with E-state index in [1.807, 2.05) is 0 Å². The summed E-state index contributed by atoms with van der Waals surface area (Å²) in [6.07, 6.45) is 14.7. The summed E-state index contributed by atoms with van der Waals surface area (Å²) in [4.78, 5) is 0. The zero-order valence-electron chi connectivity index (χ0n) is 12.7. The molecular formula is C16H33NO2. The van der Waals surface area contributed by atoms with Crippen molar-refractivity contribution in [2.24, 2.45) is 0 Å². The molecule has 0 aromatic heterocycles. The second-order valence-corrected chi connectivity index (χ2v) is 6.49. The molecule has 0 spiro atoms. The van der Waals surface area contributed by atoms with Gasteiger partial charge in [-0.1, -0.05) is 57.8 Å². The van der Waals surface area contributed by atoms with Crippen molar-refractivity contribution in [3.8, 4) is 0 Å². The van der Waals surface area contributed by atoms with Crippen LogP contribution in [0.1, 0.15) is 77.6 Å². The third-order valence-electron chi connectivity index (χ3n) is 4.22. The Labute approximate surface area is 118 Å². The minimum Gasteiger partial charge on any atom is -0.393 e. The van der Waals surface area contributed by atoms with Crippen LogP contribution in [0.25, 0.3) is 0 Å². The topological polar surface area (TPSA) is 52.5 Å². The Hall–Kier alpha value is -0.120. The van der Waals surface area contributed by atoms with E-state index >= 15 is 0 Å². The van der Waals surface area contributed by atoms with Crippen molar-refractivity contribution in [1.29, 1.82) is 0 Å². The van der Waals surface area contributed by atoms with E-state index in [9.17, 15) is 5.11 Å². The molecule has 3 heteroatoms. The smallest absolute Gasteiger partial charge is 0.0972 e. The van der Waals surface area contributed by atoms with E-state index in [1.165, 1.54) is 70.6 Å². The van der Waals surface area contributed by atoms with Gasteiger partial charge < -0.3 is 15.5 Å². The average molecular weight is 271 g/mol. The Morgan fingerprint density at radius 2 is 1.32 bits per heavy atom. The predicted molar refractivity (Wildman–Crippen MR) is 80.3 cm³/mol. The van der Waals surface area contributed by atoms with Gasteiger partial charge in [-0.2, -0.15) is 0 Å². The van der Waals surface area contributed by atoms with Crippen molar-refractivity contribution < 1.29 is 10.2 Å². The number of rotatable bonds is 4. The predicted octanol–water partition coefficient (Wildman–Crippen LogP) is 2.99. The van der Waals surface area contributed by atoms with Gasteiger partial charge in [0.1, 0.15) is 0 Å². The first kappa shape index (κ1) is 16.9. The molecule has 3 nitrogen and oxygen atoms in total. The van der Waals surface area contributed by atoms with Crippen LogP contribution in [0, 0.1) is 0 Å². The summed E-state index contributed by atoms with van der Waals surface area (Å²) in [5.74, 6) is 0. The Bertz CT molecular complexity index is 207. The Morgan fingerprint density at radius 3 is 1.74 bits per heavy atom. The molecule has 0 heterocycles. The number of hydrogen-bond acceptors (Lipinski definition) is 3. The van der Waals surface area contributed by atoms with Crippen molar-refractivity contribution in [2.45, 2.75) is 89.2 Å². The van der Waals surface area contributed by atoms with Gasteiger partial charge in [-0.3, -0.25) is 0 Å². The fourth-order valence-electron chi connectivity index (χ4n) is 2.79. The van der Waals surface area contributed by atoms with Crippen LogP contribution in [-0.4, -0.2) is 35.0 Å². The van der Waals surface area contributed by atoms with E-state index in [0.717, 1.165) is 0 Å². The quantitative estimate of drug-likeness (QED) is 0.737. The van der Waals surface area contributed by atoms with Crippen LogP contribution in [0.2, 0.25) is 0 Å². The van der Waals surface area contributed by atoms with Crippen molar-refractivity contribution >= 4 is 0 Å². The van der Waals surface area contributed by atoms with Crippen LogP contribution in [0.5, 0.6) is 0 Å². The van der Waals surface area contributed by atoms with Gasteiger partial charge in [0, 0.05) is 12.6 Å². The normalized spacial score (nSPS) is 24.2. The van der Waals surface area contributed by atoms with E-state index in [4.69, 9.17) is 5.11 Å². The summed E-state index contributed by atoms with van der Waals surface area (Å²) in [7, 11) is 0. The first-order chi connectivity index (χ1) is 9.14. The number of aliphatic hydroxyl groups excluding tert-OH is 1. The summed E-state index contributed by atoms with van der Waals surface area (Å²) in [5.41, 5.74) is -0.982. The molecule has 3 N–H and O–H groups in total. The van der Waals surface area contributed by atoms with Crippen molar-refractivity contribution in [3.63, 3.8) is 0 Å². The van der Waals surface area contributed by atoms with Gasteiger partial charge in [0.15, 0.2) is 0 Å². The lowest BCUT2D eigenvalue weighted by Crippen LogP contribution is -2.44. The van der Waals surface area contributed by atoms with E-state index in [1.54, 1.807) is 6.92 Å². The molecular weight excluding hydrogens is 238 g/mol. The lowest BCUT2D eigenvalue weighted by molar-refractivity contribution is 0.000243. The van der Waals surface area contributed by atoms with Crippen LogP contribution in [0.4, 0.5) is 0 Å². The molecule has 0 aromatic carbocycles. The summed E-state index contributed by atoms with van der Waals surface area (Å²) < 4.78 is 0. The minimum atomic E-state index is -0.982. The molecule has 0 aromatic rings. The fraction of sp³-hybridized carbons (Fsp3) is 1.00. The van der Waals surface area contributed by atoms with Crippen LogP contribution >= 0.6 is 0 Å². The Morgan fingerprint density at radius 1 is 0.895 bits per heavy atom.